The Morgan fingerprint density at radius 3 is 2.50 bits per heavy atom. The van der Waals surface area contributed by atoms with E-state index in [2.05, 4.69) is 5.16 Å². The summed E-state index contributed by atoms with van der Waals surface area (Å²) in [5, 5.41) is 3.97. The molecular weight excluding hydrogens is 206 g/mol. The molecule has 4 heteroatoms. The Hall–Kier alpha value is -1.39. The molecule has 1 aromatic rings. The van der Waals surface area contributed by atoms with Crippen LogP contribution in [0.2, 0.25) is 0 Å². The van der Waals surface area contributed by atoms with E-state index in [0.29, 0.717) is 13.2 Å². The van der Waals surface area contributed by atoms with Crippen molar-refractivity contribution in [3.8, 4) is 0 Å². The third kappa shape index (κ3) is 2.81. The van der Waals surface area contributed by atoms with Crippen molar-refractivity contribution in [2.45, 2.75) is 20.3 Å². The monoisotopic (exact) mass is 221 g/mol. The first kappa shape index (κ1) is 11.1. The van der Waals surface area contributed by atoms with E-state index in [0.717, 1.165) is 11.3 Å². The lowest BCUT2D eigenvalue weighted by Gasteiger charge is -2.07. The fourth-order valence-corrected chi connectivity index (χ4v) is 1.37. The average Bonchev–Trinajstić information content (AvgIpc) is 2.80. The second-order valence-corrected chi connectivity index (χ2v) is 3.68. The molecule has 1 fully saturated rings. The van der Waals surface area contributed by atoms with Gasteiger partial charge >= 0.3 is 6.48 Å². The Balaban J connectivity index is 1.97. The first-order chi connectivity index (χ1) is 7.75. The largest absolute Gasteiger partial charge is 0.339 e. The van der Waals surface area contributed by atoms with Gasteiger partial charge in [-0.15, -0.1) is 0 Å². The zero-order chi connectivity index (χ0) is 11.4. The van der Waals surface area contributed by atoms with E-state index < -0.39 is 6.48 Å². The molecule has 1 saturated heterocycles. The lowest BCUT2D eigenvalue weighted by Crippen LogP contribution is -2.10. The van der Waals surface area contributed by atoms with Crippen LogP contribution in [0.25, 0.3) is 0 Å². The van der Waals surface area contributed by atoms with Gasteiger partial charge in [0.05, 0.1) is 18.9 Å². The lowest BCUT2D eigenvalue weighted by molar-refractivity contribution is -0.230. The smallest absolute Gasteiger partial charge is 0.335 e. The molecule has 0 atom stereocenters. The standard InChI is InChI=1S/C12H15NO3/c1-9-3-5-11(6-4-9)10(2)13-16-12-14-7-8-15-12/h3-6,12H,7-8H2,1-2H3/b13-10-. The Labute approximate surface area is 94.8 Å². The number of benzene rings is 1. The second kappa shape index (κ2) is 5.09. The summed E-state index contributed by atoms with van der Waals surface area (Å²) in [5.74, 6) is 0. The maximum atomic E-state index is 5.11. The summed E-state index contributed by atoms with van der Waals surface area (Å²) in [6.45, 7) is 4.40. The number of oxime groups is 1. The molecule has 0 bridgehead atoms. The van der Waals surface area contributed by atoms with Gasteiger partial charge in [-0.1, -0.05) is 35.0 Å². The zero-order valence-corrected chi connectivity index (χ0v) is 9.47. The van der Waals surface area contributed by atoms with Gasteiger partial charge in [-0.05, 0) is 19.4 Å². The van der Waals surface area contributed by atoms with E-state index in [1.807, 2.05) is 38.1 Å². The van der Waals surface area contributed by atoms with Crippen molar-refractivity contribution in [1.29, 1.82) is 0 Å². The van der Waals surface area contributed by atoms with E-state index in [9.17, 15) is 0 Å². The summed E-state index contributed by atoms with van der Waals surface area (Å²) in [5.41, 5.74) is 3.06. The molecule has 1 heterocycles. The van der Waals surface area contributed by atoms with Gasteiger partial charge in [-0.25, -0.2) is 0 Å². The van der Waals surface area contributed by atoms with E-state index in [4.69, 9.17) is 14.3 Å². The van der Waals surface area contributed by atoms with Crippen LogP contribution in [-0.4, -0.2) is 25.4 Å². The maximum Gasteiger partial charge on any atom is 0.339 e. The third-order valence-electron chi connectivity index (χ3n) is 2.34. The normalized spacial score (nSPS) is 17.8. The van der Waals surface area contributed by atoms with Crippen LogP contribution in [0.5, 0.6) is 0 Å². The summed E-state index contributed by atoms with van der Waals surface area (Å²) in [6.07, 6.45) is 0. The molecule has 0 radical (unpaired) electrons. The molecule has 2 rings (SSSR count). The van der Waals surface area contributed by atoms with Crippen molar-refractivity contribution in [3.05, 3.63) is 35.4 Å². The van der Waals surface area contributed by atoms with Crippen molar-refractivity contribution >= 4 is 5.71 Å². The highest BCUT2D eigenvalue weighted by Gasteiger charge is 2.16. The first-order valence-electron chi connectivity index (χ1n) is 5.26. The van der Waals surface area contributed by atoms with Crippen LogP contribution < -0.4 is 0 Å². The topological polar surface area (TPSA) is 40.0 Å². The third-order valence-corrected chi connectivity index (χ3v) is 2.34. The molecule has 1 aliphatic heterocycles. The van der Waals surface area contributed by atoms with Crippen LogP contribution in [-0.2, 0) is 14.3 Å². The maximum absolute atomic E-state index is 5.11. The van der Waals surface area contributed by atoms with Crippen molar-refractivity contribution in [2.24, 2.45) is 5.16 Å². The average molecular weight is 221 g/mol. The van der Waals surface area contributed by atoms with Crippen LogP contribution in [0, 0.1) is 6.92 Å². The highest BCUT2D eigenvalue weighted by atomic mass is 16.9. The van der Waals surface area contributed by atoms with Gasteiger partial charge in [0.2, 0.25) is 0 Å². The van der Waals surface area contributed by atoms with E-state index >= 15 is 0 Å². The summed E-state index contributed by atoms with van der Waals surface area (Å²) >= 11 is 0. The predicted molar refractivity (Wildman–Crippen MR) is 60.2 cm³/mol. The molecule has 16 heavy (non-hydrogen) atoms. The highest BCUT2D eigenvalue weighted by molar-refractivity contribution is 5.98. The van der Waals surface area contributed by atoms with Gasteiger partial charge in [-0.2, -0.15) is 0 Å². The van der Waals surface area contributed by atoms with Crippen LogP contribution >= 0.6 is 0 Å². The predicted octanol–water partition coefficient (Wildman–Crippen LogP) is 2.07. The van der Waals surface area contributed by atoms with Crippen LogP contribution in [0.3, 0.4) is 0 Å². The Kier molecular flexibility index (Phi) is 3.54. The molecule has 0 unspecified atom stereocenters. The molecule has 0 spiro atoms. The number of hydrogen-bond acceptors (Lipinski definition) is 4. The van der Waals surface area contributed by atoms with Gasteiger partial charge < -0.3 is 14.3 Å². The number of hydrogen-bond donors (Lipinski definition) is 0. The summed E-state index contributed by atoms with van der Waals surface area (Å²) in [7, 11) is 0. The fourth-order valence-electron chi connectivity index (χ4n) is 1.37. The van der Waals surface area contributed by atoms with Crippen LogP contribution in [0.15, 0.2) is 29.4 Å². The molecule has 4 nitrogen and oxygen atoms in total. The summed E-state index contributed by atoms with van der Waals surface area (Å²) < 4.78 is 10.2. The van der Waals surface area contributed by atoms with E-state index in [1.54, 1.807) is 0 Å². The van der Waals surface area contributed by atoms with Crippen molar-refractivity contribution < 1.29 is 14.3 Å². The molecule has 86 valence electrons. The van der Waals surface area contributed by atoms with E-state index in [-0.39, 0.29) is 0 Å². The molecule has 0 N–H and O–H groups in total. The van der Waals surface area contributed by atoms with Crippen molar-refractivity contribution in [1.82, 2.24) is 0 Å². The van der Waals surface area contributed by atoms with Gasteiger partial charge in [0.15, 0.2) is 0 Å². The minimum atomic E-state index is -0.652. The minimum absolute atomic E-state index is 0.559. The Morgan fingerprint density at radius 2 is 1.88 bits per heavy atom. The van der Waals surface area contributed by atoms with Crippen molar-refractivity contribution in [3.63, 3.8) is 0 Å². The van der Waals surface area contributed by atoms with Crippen LogP contribution in [0.4, 0.5) is 0 Å². The minimum Gasteiger partial charge on any atom is -0.335 e. The Morgan fingerprint density at radius 1 is 1.25 bits per heavy atom. The molecule has 0 aliphatic carbocycles. The quantitative estimate of drug-likeness (QED) is 0.579. The number of rotatable bonds is 3. The SMILES string of the molecule is C/C(=N/OC1OCCO1)c1ccc(C)cc1. The number of nitrogens with zero attached hydrogens (tertiary/aromatic N) is 1. The second-order valence-electron chi connectivity index (χ2n) is 3.68. The Bertz CT molecular complexity index is 366. The van der Waals surface area contributed by atoms with Crippen molar-refractivity contribution in [2.75, 3.05) is 13.2 Å². The van der Waals surface area contributed by atoms with Crippen LogP contribution in [0.1, 0.15) is 18.1 Å². The van der Waals surface area contributed by atoms with Gasteiger partial charge in [0, 0.05) is 0 Å². The molecule has 1 aromatic carbocycles. The van der Waals surface area contributed by atoms with Gasteiger partial charge in [0.1, 0.15) is 0 Å². The summed E-state index contributed by atoms with van der Waals surface area (Å²) in [4.78, 5) is 5.09. The molecule has 1 aliphatic rings. The van der Waals surface area contributed by atoms with Gasteiger partial charge in [-0.3, -0.25) is 0 Å². The number of aryl methyl sites for hydroxylation is 1. The molecule has 0 aromatic heterocycles. The zero-order valence-electron chi connectivity index (χ0n) is 9.47. The fraction of sp³-hybridized carbons (Fsp3) is 0.417. The molecule has 0 amide bonds. The van der Waals surface area contributed by atoms with E-state index in [1.165, 1.54) is 5.56 Å². The van der Waals surface area contributed by atoms with Gasteiger partial charge in [0.25, 0.3) is 0 Å². The summed E-state index contributed by atoms with van der Waals surface area (Å²) in [6, 6.07) is 8.09. The lowest BCUT2D eigenvalue weighted by atomic mass is 10.1. The molecular formula is C12H15NO3. The molecule has 0 saturated carbocycles. The first-order valence-corrected chi connectivity index (χ1v) is 5.26. The number of ether oxygens (including phenoxy) is 2. The highest BCUT2D eigenvalue weighted by Crippen LogP contribution is 2.08.